The molecule has 1 unspecified atom stereocenters. The Balaban J connectivity index is 2.04. The fraction of sp³-hybridized carbons (Fsp3) is 0.444. The van der Waals surface area contributed by atoms with Gasteiger partial charge >= 0.3 is 5.97 Å². The Labute approximate surface area is 184 Å². The Morgan fingerprint density at radius 3 is 2.60 bits per heavy atom. The van der Waals surface area contributed by atoms with E-state index in [9.17, 15) is 13.2 Å². The van der Waals surface area contributed by atoms with Gasteiger partial charge in [0.15, 0.2) is 5.96 Å². The number of aliphatic imine (C=N–C) groups is 1. The lowest BCUT2D eigenvalue weighted by atomic mass is 10.00. The van der Waals surface area contributed by atoms with E-state index in [0.29, 0.717) is 36.3 Å². The standard InChI is InChI=1S/C18H23Cl2N5O4S/c1-2-29-15(26)17(7-3-4-8-17)25-30(27,28)11-5-6-12-13(9-11)18(20,24-16(21)22)23-10-14(12)19/h5-6,9-10,23,25H,2-4,7-8H2,1H3,(H4,21,22,24). The van der Waals surface area contributed by atoms with E-state index in [2.05, 4.69) is 15.0 Å². The first-order valence-corrected chi connectivity index (χ1v) is 11.6. The predicted octanol–water partition coefficient (Wildman–Crippen LogP) is 1.60. The lowest BCUT2D eigenvalue weighted by Crippen LogP contribution is -2.53. The maximum absolute atomic E-state index is 13.2. The van der Waals surface area contributed by atoms with Crippen molar-refractivity contribution < 1.29 is 17.9 Å². The van der Waals surface area contributed by atoms with Crippen molar-refractivity contribution >= 4 is 50.2 Å². The summed E-state index contributed by atoms with van der Waals surface area (Å²) in [6.45, 7) is 1.83. The normalized spacial score (nSPS) is 22.4. The molecule has 0 bridgehead atoms. The van der Waals surface area contributed by atoms with Gasteiger partial charge in [-0.05, 0) is 31.9 Å². The van der Waals surface area contributed by atoms with Crippen molar-refractivity contribution in [3.05, 3.63) is 35.5 Å². The van der Waals surface area contributed by atoms with Gasteiger partial charge in [0.1, 0.15) is 5.54 Å². The molecule has 0 spiro atoms. The van der Waals surface area contributed by atoms with E-state index < -0.39 is 26.7 Å². The number of sulfonamides is 1. The van der Waals surface area contributed by atoms with Crippen LogP contribution in [-0.2, 0) is 24.7 Å². The highest BCUT2D eigenvalue weighted by Gasteiger charge is 2.46. The minimum Gasteiger partial charge on any atom is -0.465 e. The highest BCUT2D eigenvalue weighted by molar-refractivity contribution is 7.89. The predicted molar refractivity (Wildman–Crippen MR) is 115 cm³/mol. The largest absolute Gasteiger partial charge is 0.465 e. The fourth-order valence-corrected chi connectivity index (χ4v) is 5.64. The molecule has 0 radical (unpaired) electrons. The van der Waals surface area contributed by atoms with Gasteiger partial charge in [0.25, 0.3) is 0 Å². The Kier molecular flexibility index (Phi) is 6.24. The molecule has 2 aliphatic rings. The number of esters is 1. The number of nitrogens with zero attached hydrogens (tertiary/aromatic N) is 1. The molecule has 0 saturated heterocycles. The van der Waals surface area contributed by atoms with Crippen molar-refractivity contribution in [3.8, 4) is 0 Å². The minimum atomic E-state index is -4.11. The zero-order valence-corrected chi connectivity index (χ0v) is 18.6. The highest BCUT2D eigenvalue weighted by atomic mass is 35.5. The van der Waals surface area contributed by atoms with Gasteiger partial charge in [-0.15, -0.1) is 0 Å². The monoisotopic (exact) mass is 475 g/mol. The number of carbonyl (C=O) groups is 1. The molecule has 1 aliphatic carbocycles. The van der Waals surface area contributed by atoms with Crippen LogP contribution in [0, 0.1) is 0 Å². The Hall–Kier alpha value is -2.01. The summed E-state index contributed by atoms with van der Waals surface area (Å²) >= 11 is 12.7. The van der Waals surface area contributed by atoms with E-state index in [1.807, 2.05) is 0 Å². The number of rotatable bonds is 6. The second kappa shape index (κ2) is 8.26. The van der Waals surface area contributed by atoms with Crippen molar-refractivity contribution in [3.63, 3.8) is 0 Å². The van der Waals surface area contributed by atoms with Gasteiger partial charge in [0.2, 0.25) is 15.1 Å². The fourth-order valence-electron chi connectivity index (χ4n) is 3.67. The van der Waals surface area contributed by atoms with Gasteiger partial charge in [-0.25, -0.2) is 13.4 Å². The van der Waals surface area contributed by atoms with Crippen LogP contribution in [0.15, 0.2) is 34.3 Å². The topological polar surface area (TPSA) is 149 Å². The summed E-state index contributed by atoms with van der Waals surface area (Å²) < 4.78 is 34.1. The van der Waals surface area contributed by atoms with Gasteiger partial charge in [-0.1, -0.05) is 42.1 Å². The molecular formula is C18H23Cl2N5O4S. The van der Waals surface area contributed by atoms with Crippen molar-refractivity contribution in [1.29, 1.82) is 0 Å². The first-order valence-electron chi connectivity index (χ1n) is 9.32. The van der Waals surface area contributed by atoms with Crippen LogP contribution in [0.5, 0.6) is 0 Å². The van der Waals surface area contributed by atoms with E-state index in [0.717, 1.165) is 0 Å². The zero-order chi connectivity index (χ0) is 22.2. The number of guanidine groups is 1. The highest BCUT2D eigenvalue weighted by Crippen LogP contribution is 2.40. The molecule has 12 heteroatoms. The van der Waals surface area contributed by atoms with Crippen molar-refractivity contribution in [2.24, 2.45) is 16.5 Å². The van der Waals surface area contributed by atoms with E-state index in [4.69, 9.17) is 39.4 Å². The molecule has 0 aromatic heterocycles. The molecular weight excluding hydrogens is 453 g/mol. The summed E-state index contributed by atoms with van der Waals surface area (Å²) in [5.74, 6) is -0.877. The van der Waals surface area contributed by atoms with Crippen LogP contribution >= 0.6 is 23.2 Å². The van der Waals surface area contributed by atoms with Crippen LogP contribution in [0.2, 0.25) is 0 Å². The number of halogens is 2. The second-order valence-electron chi connectivity index (χ2n) is 7.12. The molecule has 1 atom stereocenters. The Bertz CT molecular complexity index is 1020. The maximum Gasteiger partial charge on any atom is 0.327 e. The summed E-state index contributed by atoms with van der Waals surface area (Å²) in [4.78, 5) is 16.4. The molecule has 1 aromatic rings. The quantitative estimate of drug-likeness (QED) is 0.160. The van der Waals surface area contributed by atoms with Crippen LogP contribution < -0.4 is 21.5 Å². The molecule has 1 aromatic carbocycles. The second-order valence-corrected chi connectivity index (χ2v) is 9.75. The molecule has 164 valence electrons. The summed E-state index contributed by atoms with van der Waals surface area (Å²) in [6, 6.07) is 4.21. The number of hydrogen-bond donors (Lipinski definition) is 4. The van der Waals surface area contributed by atoms with Crippen LogP contribution in [0.1, 0.15) is 43.7 Å². The number of hydrogen-bond acceptors (Lipinski definition) is 6. The third-order valence-corrected chi connectivity index (χ3v) is 7.29. The van der Waals surface area contributed by atoms with E-state index >= 15 is 0 Å². The number of carbonyl (C=O) groups excluding carboxylic acids is 1. The number of alkyl halides is 1. The van der Waals surface area contributed by atoms with Crippen LogP contribution in [0.3, 0.4) is 0 Å². The molecule has 0 amide bonds. The van der Waals surface area contributed by atoms with Crippen LogP contribution in [0.25, 0.3) is 5.03 Å². The van der Waals surface area contributed by atoms with Gasteiger partial charge in [-0.3, -0.25) is 4.79 Å². The third-order valence-electron chi connectivity index (χ3n) is 5.04. The van der Waals surface area contributed by atoms with E-state index in [1.54, 1.807) is 6.92 Å². The Morgan fingerprint density at radius 2 is 2.00 bits per heavy atom. The third kappa shape index (κ3) is 4.22. The van der Waals surface area contributed by atoms with E-state index in [1.165, 1.54) is 24.4 Å². The average Bonchev–Trinajstić information content (AvgIpc) is 3.13. The molecule has 1 heterocycles. The van der Waals surface area contributed by atoms with E-state index in [-0.39, 0.29) is 23.0 Å². The number of ether oxygens (including phenoxy) is 1. The summed E-state index contributed by atoms with van der Waals surface area (Å²) in [7, 11) is -4.11. The van der Waals surface area contributed by atoms with Gasteiger partial charge in [0, 0.05) is 17.3 Å². The molecule has 30 heavy (non-hydrogen) atoms. The summed E-state index contributed by atoms with van der Waals surface area (Å²) in [5.41, 5.74) is 10.4. The van der Waals surface area contributed by atoms with Crippen molar-refractivity contribution in [2.75, 3.05) is 6.61 Å². The lowest BCUT2D eigenvalue weighted by Gasteiger charge is -2.31. The molecule has 1 fully saturated rings. The maximum atomic E-state index is 13.2. The molecule has 1 aliphatic heterocycles. The zero-order valence-electron chi connectivity index (χ0n) is 16.2. The summed E-state index contributed by atoms with van der Waals surface area (Å²) in [5, 5.41) is 1.44. The number of nitrogens with two attached hydrogens (primary N) is 2. The lowest BCUT2D eigenvalue weighted by molar-refractivity contribution is -0.150. The van der Waals surface area contributed by atoms with Crippen molar-refractivity contribution in [1.82, 2.24) is 10.0 Å². The smallest absolute Gasteiger partial charge is 0.327 e. The first-order chi connectivity index (χ1) is 14.0. The SMILES string of the molecule is CCOC(=O)C1(NS(=O)(=O)c2ccc3c(c2)C(Cl)(N=C(N)N)NC=C3Cl)CCCC1. The van der Waals surface area contributed by atoms with Crippen LogP contribution in [0.4, 0.5) is 0 Å². The average molecular weight is 476 g/mol. The van der Waals surface area contributed by atoms with Gasteiger partial charge in [-0.2, -0.15) is 4.72 Å². The Morgan fingerprint density at radius 1 is 1.33 bits per heavy atom. The molecule has 1 saturated carbocycles. The van der Waals surface area contributed by atoms with Gasteiger partial charge in [0.05, 0.1) is 16.5 Å². The van der Waals surface area contributed by atoms with Crippen LogP contribution in [-0.4, -0.2) is 32.5 Å². The molecule has 6 N–H and O–H groups in total. The minimum absolute atomic E-state index is 0.110. The number of nitrogens with one attached hydrogen (secondary N) is 2. The molecule has 3 rings (SSSR count). The van der Waals surface area contributed by atoms with Gasteiger partial charge < -0.3 is 21.5 Å². The number of fused-ring (bicyclic) bond motifs is 1. The molecule has 9 nitrogen and oxygen atoms in total. The number of benzene rings is 1. The summed E-state index contributed by atoms with van der Waals surface area (Å²) in [6.07, 6.45) is 3.57. The first kappa shape index (κ1) is 22.7. The van der Waals surface area contributed by atoms with Crippen molar-refractivity contribution in [2.45, 2.75) is 48.2 Å².